The van der Waals surface area contributed by atoms with Gasteiger partial charge < -0.3 is 0 Å². The van der Waals surface area contributed by atoms with Crippen LogP contribution in [0, 0.1) is 11.8 Å². The van der Waals surface area contributed by atoms with Crippen molar-refractivity contribution in [3.63, 3.8) is 0 Å². The minimum Gasteiger partial charge on any atom is -0.0622 e. The fourth-order valence-electron chi connectivity index (χ4n) is 3.35. The predicted octanol–water partition coefficient (Wildman–Crippen LogP) is 3.59. The predicted molar refractivity (Wildman–Crippen MR) is 54.6 cm³/mol. The Morgan fingerprint density at radius 3 is 2.38 bits per heavy atom. The van der Waals surface area contributed by atoms with E-state index < -0.39 is 0 Å². The summed E-state index contributed by atoms with van der Waals surface area (Å²) in [5.41, 5.74) is 1.59. The number of hydrogen-bond donors (Lipinski definition) is 0. The maximum Gasteiger partial charge on any atom is -0.0131 e. The van der Waals surface area contributed by atoms with E-state index in [0.29, 0.717) is 0 Å². The third-order valence-electron chi connectivity index (χ3n) is 3.97. The Kier molecular flexibility index (Phi) is 1.68. The summed E-state index contributed by atoms with van der Waals surface area (Å²) in [5, 5.41) is 0. The summed E-state index contributed by atoms with van der Waals surface area (Å²) < 4.78 is 0. The minimum absolute atomic E-state index is 0.903. The lowest BCUT2D eigenvalue weighted by atomic mass is 9.84. The molecule has 1 aromatic rings. The van der Waals surface area contributed by atoms with Crippen LogP contribution in [0.1, 0.15) is 37.2 Å². The SMILES string of the molecule is c1ccc([C@@H]2C[C@H]3CC[C@@H]2C3)cc1. The van der Waals surface area contributed by atoms with Crippen LogP contribution in [-0.2, 0) is 0 Å². The van der Waals surface area contributed by atoms with E-state index in [-0.39, 0.29) is 0 Å². The molecule has 2 saturated carbocycles. The first-order valence-corrected chi connectivity index (χ1v) is 5.48. The van der Waals surface area contributed by atoms with Crippen molar-refractivity contribution >= 4 is 0 Å². The highest BCUT2D eigenvalue weighted by atomic mass is 14.4. The lowest BCUT2D eigenvalue weighted by molar-refractivity contribution is 0.420. The van der Waals surface area contributed by atoms with Crippen LogP contribution in [0.15, 0.2) is 30.3 Å². The Labute approximate surface area is 80.0 Å². The Bertz CT molecular complexity index is 288. The summed E-state index contributed by atoms with van der Waals surface area (Å²) in [4.78, 5) is 0. The Balaban J connectivity index is 1.87. The molecule has 0 unspecified atom stereocenters. The normalized spacial score (nSPS) is 36.8. The van der Waals surface area contributed by atoms with Crippen molar-refractivity contribution in [3.8, 4) is 0 Å². The zero-order chi connectivity index (χ0) is 8.67. The second-order valence-corrected chi connectivity index (χ2v) is 4.69. The summed E-state index contributed by atoms with van der Waals surface area (Å²) in [6.45, 7) is 0. The fourth-order valence-corrected chi connectivity index (χ4v) is 3.35. The molecule has 68 valence electrons. The maximum absolute atomic E-state index is 2.31. The first-order valence-electron chi connectivity index (χ1n) is 5.48. The molecule has 0 aromatic heterocycles. The number of hydrogen-bond acceptors (Lipinski definition) is 0. The second-order valence-electron chi connectivity index (χ2n) is 4.69. The van der Waals surface area contributed by atoms with Gasteiger partial charge in [0.05, 0.1) is 0 Å². The fraction of sp³-hybridized carbons (Fsp3) is 0.538. The van der Waals surface area contributed by atoms with Crippen molar-refractivity contribution in [1.82, 2.24) is 0 Å². The van der Waals surface area contributed by atoms with Gasteiger partial charge in [-0.2, -0.15) is 0 Å². The molecule has 2 aliphatic rings. The molecule has 2 aliphatic carbocycles. The first kappa shape index (κ1) is 7.61. The lowest BCUT2D eigenvalue weighted by Gasteiger charge is -2.21. The van der Waals surface area contributed by atoms with Crippen molar-refractivity contribution < 1.29 is 0 Å². The van der Waals surface area contributed by atoms with Gasteiger partial charge in [-0.1, -0.05) is 36.8 Å². The van der Waals surface area contributed by atoms with Gasteiger partial charge in [-0.15, -0.1) is 0 Å². The average molecular weight is 172 g/mol. The molecule has 0 saturated heterocycles. The second kappa shape index (κ2) is 2.87. The average Bonchev–Trinajstić information content (AvgIpc) is 2.80. The van der Waals surface area contributed by atoms with Crippen LogP contribution in [0.5, 0.6) is 0 Å². The Morgan fingerprint density at radius 2 is 1.77 bits per heavy atom. The van der Waals surface area contributed by atoms with Gasteiger partial charge in [0.15, 0.2) is 0 Å². The zero-order valence-electron chi connectivity index (χ0n) is 7.95. The maximum atomic E-state index is 2.31. The van der Waals surface area contributed by atoms with Gasteiger partial charge in [0.1, 0.15) is 0 Å². The number of fused-ring (bicyclic) bond motifs is 2. The molecule has 2 bridgehead atoms. The van der Waals surface area contributed by atoms with E-state index in [9.17, 15) is 0 Å². The van der Waals surface area contributed by atoms with Crippen LogP contribution in [0.2, 0.25) is 0 Å². The third kappa shape index (κ3) is 1.20. The van der Waals surface area contributed by atoms with Crippen molar-refractivity contribution in [3.05, 3.63) is 35.9 Å². The quantitative estimate of drug-likeness (QED) is 0.607. The summed E-state index contributed by atoms with van der Waals surface area (Å²) in [5.74, 6) is 2.99. The van der Waals surface area contributed by atoms with Crippen molar-refractivity contribution in [1.29, 1.82) is 0 Å². The highest BCUT2D eigenvalue weighted by Crippen LogP contribution is 2.52. The van der Waals surface area contributed by atoms with Gasteiger partial charge >= 0.3 is 0 Å². The number of rotatable bonds is 1. The summed E-state index contributed by atoms with van der Waals surface area (Å²) >= 11 is 0. The van der Waals surface area contributed by atoms with E-state index in [1.54, 1.807) is 5.56 Å². The standard InChI is InChI=1S/C13H16/c1-2-4-11(5-3-1)13-9-10-6-7-12(13)8-10/h1-5,10,12-13H,6-9H2/t10-,12+,13-/m0/s1. The summed E-state index contributed by atoms with van der Waals surface area (Å²) in [6.07, 6.45) is 5.98. The smallest absolute Gasteiger partial charge is 0.0131 e. The van der Waals surface area contributed by atoms with Crippen LogP contribution >= 0.6 is 0 Å². The van der Waals surface area contributed by atoms with Crippen LogP contribution in [-0.4, -0.2) is 0 Å². The minimum atomic E-state index is 0.903. The van der Waals surface area contributed by atoms with E-state index in [1.807, 2.05) is 0 Å². The van der Waals surface area contributed by atoms with E-state index in [1.165, 1.54) is 25.7 Å². The van der Waals surface area contributed by atoms with Gasteiger partial charge in [-0.05, 0) is 42.6 Å². The van der Waals surface area contributed by atoms with Gasteiger partial charge in [0.25, 0.3) is 0 Å². The first-order chi connectivity index (χ1) is 6.43. The largest absolute Gasteiger partial charge is 0.0622 e. The molecule has 3 rings (SSSR count). The highest BCUT2D eigenvalue weighted by molar-refractivity contribution is 5.22. The van der Waals surface area contributed by atoms with Crippen LogP contribution < -0.4 is 0 Å². The molecule has 0 heterocycles. The Hall–Kier alpha value is -0.780. The summed E-state index contributed by atoms with van der Waals surface area (Å²) in [6, 6.07) is 11.1. The molecule has 0 spiro atoms. The van der Waals surface area contributed by atoms with E-state index >= 15 is 0 Å². The van der Waals surface area contributed by atoms with Crippen LogP contribution in [0.4, 0.5) is 0 Å². The van der Waals surface area contributed by atoms with Gasteiger partial charge in [0, 0.05) is 0 Å². The lowest BCUT2D eigenvalue weighted by Crippen LogP contribution is -2.07. The topological polar surface area (TPSA) is 0 Å². The molecule has 2 fully saturated rings. The van der Waals surface area contributed by atoms with Crippen molar-refractivity contribution in [2.45, 2.75) is 31.6 Å². The molecule has 0 amide bonds. The van der Waals surface area contributed by atoms with Crippen molar-refractivity contribution in [2.24, 2.45) is 11.8 Å². The van der Waals surface area contributed by atoms with Crippen molar-refractivity contribution in [2.75, 3.05) is 0 Å². The zero-order valence-corrected chi connectivity index (χ0v) is 7.95. The highest BCUT2D eigenvalue weighted by Gasteiger charge is 2.39. The number of benzene rings is 1. The van der Waals surface area contributed by atoms with E-state index in [0.717, 1.165) is 17.8 Å². The van der Waals surface area contributed by atoms with Gasteiger partial charge in [0.2, 0.25) is 0 Å². The van der Waals surface area contributed by atoms with Crippen LogP contribution in [0.25, 0.3) is 0 Å². The molecule has 3 atom stereocenters. The van der Waals surface area contributed by atoms with E-state index in [4.69, 9.17) is 0 Å². The van der Waals surface area contributed by atoms with Gasteiger partial charge in [-0.3, -0.25) is 0 Å². The molecular formula is C13H16. The molecule has 1 aromatic carbocycles. The molecular weight excluding hydrogens is 156 g/mol. The molecule has 0 heteroatoms. The molecule has 13 heavy (non-hydrogen) atoms. The molecule has 0 N–H and O–H groups in total. The Morgan fingerprint density at radius 1 is 0.923 bits per heavy atom. The summed E-state index contributed by atoms with van der Waals surface area (Å²) in [7, 11) is 0. The van der Waals surface area contributed by atoms with Crippen LogP contribution in [0.3, 0.4) is 0 Å². The van der Waals surface area contributed by atoms with Gasteiger partial charge in [-0.25, -0.2) is 0 Å². The monoisotopic (exact) mass is 172 g/mol. The molecule has 0 aliphatic heterocycles. The van der Waals surface area contributed by atoms with E-state index in [2.05, 4.69) is 30.3 Å². The molecule has 0 nitrogen and oxygen atoms in total. The third-order valence-corrected chi connectivity index (χ3v) is 3.97. The molecule has 0 radical (unpaired) electrons.